The molecule has 3 nitrogen and oxygen atoms in total. The number of aromatic amines is 2. The van der Waals surface area contributed by atoms with E-state index < -0.39 is 0 Å². The van der Waals surface area contributed by atoms with E-state index in [1.54, 1.807) is 0 Å². The van der Waals surface area contributed by atoms with Gasteiger partial charge in [-0.1, -0.05) is 0 Å². The normalized spacial score (nSPS) is 16.5. The summed E-state index contributed by atoms with van der Waals surface area (Å²) in [6.45, 7) is 17.2. The molecule has 0 aromatic carbocycles. The second kappa shape index (κ2) is 5.66. The topological polar surface area (TPSA) is 43.9 Å². The molecule has 0 spiro atoms. The van der Waals surface area contributed by atoms with Crippen molar-refractivity contribution in [3.8, 4) is 0 Å². The summed E-state index contributed by atoms with van der Waals surface area (Å²) in [6, 6.07) is 0. The molecule has 0 saturated heterocycles. The van der Waals surface area contributed by atoms with Gasteiger partial charge in [0.05, 0.1) is 17.1 Å². The number of aromatic nitrogens is 2. The molecule has 0 unspecified atom stereocenters. The molecular weight excluding hydrogens is 294 g/mol. The highest BCUT2D eigenvalue weighted by atomic mass is 14.9. The van der Waals surface area contributed by atoms with Gasteiger partial charge in [-0.05, 0) is 94.9 Å². The van der Waals surface area contributed by atoms with Crippen molar-refractivity contribution < 1.29 is 0 Å². The fourth-order valence-corrected chi connectivity index (χ4v) is 3.28. The molecule has 3 rings (SSSR count). The van der Waals surface area contributed by atoms with Crippen molar-refractivity contribution >= 4 is 11.8 Å². The van der Waals surface area contributed by atoms with Gasteiger partial charge < -0.3 is 9.97 Å². The first-order valence-corrected chi connectivity index (χ1v) is 8.52. The van der Waals surface area contributed by atoms with E-state index >= 15 is 0 Å². The highest BCUT2D eigenvalue weighted by molar-refractivity contribution is 6.15. The average molecular weight is 321 g/mol. The Kier molecular flexibility index (Phi) is 3.90. The number of H-pyrrole nitrogens is 2. The molecule has 0 atom stereocenters. The molecular formula is C21H27N3. The molecule has 0 bridgehead atoms. The zero-order valence-electron chi connectivity index (χ0n) is 16.0. The highest BCUT2D eigenvalue weighted by Gasteiger charge is 2.23. The predicted octanol–water partition coefficient (Wildman–Crippen LogP) is 5.37. The van der Waals surface area contributed by atoms with Crippen LogP contribution >= 0.6 is 0 Å². The van der Waals surface area contributed by atoms with E-state index in [-0.39, 0.29) is 0 Å². The summed E-state index contributed by atoms with van der Waals surface area (Å²) in [5.41, 5.74) is 14.6. The van der Waals surface area contributed by atoms with Gasteiger partial charge in [0.25, 0.3) is 0 Å². The molecule has 0 radical (unpaired) electrons. The third-order valence-corrected chi connectivity index (χ3v) is 5.72. The Hall–Kier alpha value is -2.29. The lowest BCUT2D eigenvalue weighted by Crippen LogP contribution is -2.02. The van der Waals surface area contributed by atoms with Gasteiger partial charge in [0, 0.05) is 17.1 Å². The molecule has 2 N–H and O–H groups in total. The number of nitrogens with zero attached hydrogens (tertiary/aromatic N) is 1. The van der Waals surface area contributed by atoms with Crippen LogP contribution in [-0.2, 0) is 0 Å². The van der Waals surface area contributed by atoms with Crippen LogP contribution in [0.15, 0.2) is 21.8 Å². The molecule has 0 saturated carbocycles. The fourth-order valence-electron chi connectivity index (χ4n) is 3.28. The third-order valence-electron chi connectivity index (χ3n) is 5.72. The standard InChI is InChI=1S/C21H27N3/c1-10-12(3)18(22-16(10)7)9-19-13(4)15(6)21(24-19)20-14(5)11(2)17(8)23-20/h9,22-23H,1-8H3/b19-9-. The molecule has 0 aliphatic carbocycles. The van der Waals surface area contributed by atoms with Crippen LogP contribution in [0.25, 0.3) is 6.08 Å². The summed E-state index contributed by atoms with van der Waals surface area (Å²) in [7, 11) is 0. The van der Waals surface area contributed by atoms with Crippen molar-refractivity contribution in [2.75, 3.05) is 0 Å². The zero-order valence-corrected chi connectivity index (χ0v) is 16.0. The summed E-state index contributed by atoms with van der Waals surface area (Å²) < 4.78 is 0. The van der Waals surface area contributed by atoms with Crippen LogP contribution in [0.3, 0.4) is 0 Å². The number of rotatable bonds is 2. The first-order chi connectivity index (χ1) is 11.2. The lowest BCUT2D eigenvalue weighted by molar-refractivity contribution is 1.21. The summed E-state index contributed by atoms with van der Waals surface area (Å²) in [5.74, 6) is 0. The molecule has 2 aromatic rings. The SMILES string of the molecule is CC1=C(C)/C(=C/c2[nH]c(C)c(C)c2C)N=C1c1[nH]c(C)c(C)c1C. The number of nitrogens with one attached hydrogen (secondary N) is 2. The summed E-state index contributed by atoms with van der Waals surface area (Å²) >= 11 is 0. The predicted molar refractivity (Wildman–Crippen MR) is 103 cm³/mol. The van der Waals surface area contributed by atoms with E-state index in [1.807, 2.05) is 0 Å². The second-order valence-corrected chi connectivity index (χ2v) is 7.03. The number of aryl methyl sites for hydroxylation is 2. The third kappa shape index (κ3) is 2.39. The maximum Gasteiger partial charge on any atom is 0.0907 e. The number of hydrogen-bond donors (Lipinski definition) is 2. The van der Waals surface area contributed by atoms with Gasteiger partial charge in [0.1, 0.15) is 0 Å². The summed E-state index contributed by atoms with van der Waals surface area (Å²) in [5, 5.41) is 0. The Bertz CT molecular complexity index is 927. The van der Waals surface area contributed by atoms with Crippen molar-refractivity contribution in [2.45, 2.75) is 55.4 Å². The number of allylic oxidation sites excluding steroid dienone is 2. The van der Waals surface area contributed by atoms with Gasteiger partial charge >= 0.3 is 0 Å². The van der Waals surface area contributed by atoms with Crippen LogP contribution in [0.5, 0.6) is 0 Å². The van der Waals surface area contributed by atoms with Crippen LogP contribution in [-0.4, -0.2) is 15.7 Å². The second-order valence-electron chi connectivity index (χ2n) is 7.03. The Morgan fingerprint density at radius 1 is 0.667 bits per heavy atom. The largest absolute Gasteiger partial charge is 0.359 e. The van der Waals surface area contributed by atoms with Crippen LogP contribution in [0.1, 0.15) is 58.9 Å². The minimum atomic E-state index is 1.05. The molecule has 24 heavy (non-hydrogen) atoms. The highest BCUT2D eigenvalue weighted by Crippen LogP contribution is 2.32. The average Bonchev–Trinajstić information content (AvgIpc) is 3.06. The van der Waals surface area contributed by atoms with Crippen LogP contribution in [0, 0.1) is 41.5 Å². The first-order valence-electron chi connectivity index (χ1n) is 8.52. The molecule has 3 heterocycles. The van der Waals surface area contributed by atoms with Gasteiger partial charge in [0.15, 0.2) is 0 Å². The minimum Gasteiger partial charge on any atom is -0.359 e. The van der Waals surface area contributed by atoms with E-state index in [0.717, 1.165) is 22.8 Å². The van der Waals surface area contributed by atoms with Crippen molar-refractivity contribution in [2.24, 2.45) is 4.99 Å². The smallest absolute Gasteiger partial charge is 0.0907 e. The maximum absolute atomic E-state index is 4.96. The van der Waals surface area contributed by atoms with Crippen LogP contribution in [0.2, 0.25) is 0 Å². The lowest BCUT2D eigenvalue weighted by atomic mass is 10.0. The number of aliphatic imine (C=N–C) groups is 1. The van der Waals surface area contributed by atoms with Crippen molar-refractivity contribution in [1.29, 1.82) is 0 Å². The Labute approximate surface area is 144 Å². The molecule has 126 valence electrons. The van der Waals surface area contributed by atoms with E-state index in [0.29, 0.717) is 0 Å². The van der Waals surface area contributed by atoms with Gasteiger partial charge in [-0.2, -0.15) is 0 Å². The van der Waals surface area contributed by atoms with Crippen molar-refractivity contribution in [3.63, 3.8) is 0 Å². The summed E-state index contributed by atoms with van der Waals surface area (Å²) in [6.07, 6.45) is 2.18. The van der Waals surface area contributed by atoms with Crippen LogP contribution < -0.4 is 0 Å². The molecule has 3 heteroatoms. The zero-order chi connectivity index (χ0) is 17.8. The van der Waals surface area contributed by atoms with Crippen molar-refractivity contribution in [3.05, 3.63) is 61.9 Å². The van der Waals surface area contributed by atoms with E-state index in [9.17, 15) is 0 Å². The van der Waals surface area contributed by atoms with Gasteiger partial charge in [-0.15, -0.1) is 0 Å². The molecule has 0 fully saturated rings. The van der Waals surface area contributed by atoms with E-state index in [4.69, 9.17) is 4.99 Å². The molecule has 1 aliphatic heterocycles. The Morgan fingerprint density at radius 3 is 1.75 bits per heavy atom. The van der Waals surface area contributed by atoms with Crippen molar-refractivity contribution in [1.82, 2.24) is 9.97 Å². The Balaban J connectivity index is 2.11. The monoisotopic (exact) mass is 321 g/mol. The molecule has 0 amide bonds. The summed E-state index contributed by atoms with van der Waals surface area (Å²) in [4.78, 5) is 12.0. The van der Waals surface area contributed by atoms with Crippen LogP contribution in [0.4, 0.5) is 0 Å². The number of hydrogen-bond acceptors (Lipinski definition) is 1. The van der Waals surface area contributed by atoms with Gasteiger partial charge in [-0.3, -0.25) is 0 Å². The van der Waals surface area contributed by atoms with Gasteiger partial charge in [-0.25, -0.2) is 4.99 Å². The van der Waals surface area contributed by atoms with Gasteiger partial charge in [0.2, 0.25) is 0 Å². The Morgan fingerprint density at radius 2 is 1.25 bits per heavy atom. The lowest BCUT2D eigenvalue weighted by Gasteiger charge is -2.02. The van der Waals surface area contributed by atoms with E-state index in [1.165, 1.54) is 44.8 Å². The van der Waals surface area contributed by atoms with E-state index in [2.05, 4.69) is 71.4 Å². The quantitative estimate of drug-likeness (QED) is 0.746. The molecule has 2 aromatic heterocycles. The maximum atomic E-state index is 4.96. The first kappa shape index (κ1) is 16.6. The molecule has 1 aliphatic rings. The minimum absolute atomic E-state index is 1.05. The fraction of sp³-hybridized carbons (Fsp3) is 0.381.